The van der Waals surface area contributed by atoms with Gasteiger partial charge in [0.1, 0.15) is 11.2 Å². The highest BCUT2D eigenvalue weighted by Crippen LogP contribution is 2.34. The molecule has 0 aliphatic carbocycles. The average Bonchev–Trinajstić information content (AvgIpc) is 3.03. The van der Waals surface area contributed by atoms with E-state index in [1.165, 1.54) is 0 Å². The van der Waals surface area contributed by atoms with Crippen LogP contribution in [0.4, 0.5) is 5.82 Å². The maximum absolute atomic E-state index is 5.87. The van der Waals surface area contributed by atoms with Crippen LogP contribution < -0.4 is 5.73 Å². The summed E-state index contributed by atoms with van der Waals surface area (Å²) in [5.41, 5.74) is 8.94. The molecule has 0 amide bonds. The normalized spacial score (nSPS) is 11.4. The third kappa shape index (κ3) is 1.43. The fourth-order valence-electron chi connectivity index (χ4n) is 2.17. The first-order valence-electron chi connectivity index (χ1n) is 5.76. The first-order valence-corrected chi connectivity index (χ1v) is 6.64. The van der Waals surface area contributed by atoms with Gasteiger partial charge >= 0.3 is 0 Å². The number of benzene rings is 1. The molecule has 6 heteroatoms. The second kappa shape index (κ2) is 3.76. The van der Waals surface area contributed by atoms with Crippen molar-refractivity contribution in [1.82, 2.24) is 19.6 Å². The van der Waals surface area contributed by atoms with E-state index in [9.17, 15) is 0 Å². The van der Waals surface area contributed by atoms with Crippen molar-refractivity contribution < 1.29 is 0 Å². The molecule has 5 nitrogen and oxygen atoms in total. The summed E-state index contributed by atoms with van der Waals surface area (Å²) in [5.74, 6) is 1.03. The summed E-state index contributed by atoms with van der Waals surface area (Å²) in [6, 6.07) is 10.2. The summed E-state index contributed by atoms with van der Waals surface area (Å²) in [5, 5.41) is 9.94. The molecule has 0 fully saturated rings. The Morgan fingerprint density at radius 1 is 1.11 bits per heavy atom. The highest BCUT2D eigenvalue weighted by molar-refractivity contribution is 7.16. The average molecular weight is 267 g/mol. The van der Waals surface area contributed by atoms with Gasteiger partial charge in [-0.3, -0.25) is 4.40 Å². The number of nitrogen functional groups attached to an aromatic ring is 1. The van der Waals surface area contributed by atoms with Crippen molar-refractivity contribution in [2.45, 2.75) is 0 Å². The van der Waals surface area contributed by atoms with Gasteiger partial charge in [-0.1, -0.05) is 30.3 Å². The molecule has 1 aromatic heterocycles. The van der Waals surface area contributed by atoms with E-state index in [0.29, 0.717) is 11.6 Å². The van der Waals surface area contributed by atoms with Crippen LogP contribution in [0.5, 0.6) is 0 Å². The van der Waals surface area contributed by atoms with Gasteiger partial charge in [0, 0.05) is 5.38 Å². The van der Waals surface area contributed by atoms with Gasteiger partial charge < -0.3 is 5.73 Å². The lowest BCUT2D eigenvalue weighted by Gasteiger charge is -2.04. The fraction of sp³-hybridized carbons (Fsp3) is 0. The second-order valence-corrected chi connectivity index (χ2v) is 5.05. The monoisotopic (exact) mass is 267 g/mol. The van der Waals surface area contributed by atoms with Crippen molar-refractivity contribution >= 4 is 22.0 Å². The number of rotatable bonds is 1. The highest BCUT2D eigenvalue weighted by Gasteiger charge is 2.19. The molecule has 0 radical (unpaired) electrons. The van der Waals surface area contributed by atoms with E-state index in [0.717, 1.165) is 21.7 Å². The summed E-state index contributed by atoms with van der Waals surface area (Å²) < 4.78 is 2.03. The Kier molecular flexibility index (Phi) is 2.07. The van der Waals surface area contributed by atoms with E-state index < -0.39 is 0 Å². The number of hydrogen-bond donors (Lipinski definition) is 1. The summed E-state index contributed by atoms with van der Waals surface area (Å²) in [7, 11) is 0. The number of anilines is 1. The first kappa shape index (κ1) is 10.5. The Hall–Kier alpha value is -2.47. The number of nitrogens with zero attached hydrogens (tertiary/aromatic N) is 4. The predicted molar refractivity (Wildman–Crippen MR) is 75.1 cm³/mol. The predicted octanol–water partition coefficient (Wildman–Crippen LogP) is 2.54. The minimum absolute atomic E-state index is 0.432. The molecule has 0 bridgehead atoms. The molecule has 2 aliphatic heterocycles. The van der Waals surface area contributed by atoms with Crippen LogP contribution in [0, 0.1) is 0 Å². The molecular formula is C13H9N5S. The van der Waals surface area contributed by atoms with Crippen LogP contribution in [0.2, 0.25) is 0 Å². The van der Waals surface area contributed by atoms with E-state index in [-0.39, 0.29) is 0 Å². The zero-order valence-electron chi connectivity index (χ0n) is 9.82. The van der Waals surface area contributed by atoms with Crippen LogP contribution in [-0.4, -0.2) is 19.6 Å². The van der Waals surface area contributed by atoms with Crippen molar-refractivity contribution in [3.63, 3.8) is 0 Å². The Bertz CT molecular complexity index is 833. The first-order chi connectivity index (χ1) is 9.34. The van der Waals surface area contributed by atoms with Crippen molar-refractivity contribution in [2.24, 2.45) is 0 Å². The van der Waals surface area contributed by atoms with E-state index >= 15 is 0 Å². The number of fused-ring (bicyclic) bond motifs is 3. The van der Waals surface area contributed by atoms with Gasteiger partial charge in [0.15, 0.2) is 11.6 Å². The molecule has 0 saturated heterocycles. The van der Waals surface area contributed by atoms with Gasteiger partial charge in [0.05, 0.1) is 11.3 Å². The Morgan fingerprint density at radius 2 is 1.95 bits per heavy atom. The van der Waals surface area contributed by atoms with E-state index in [2.05, 4.69) is 32.7 Å². The third-order valence-corrected chi connectivity index (χ3v) is 4.04. The largest absolute Gasteiger partial charge is 0.381 e. The molecular weight excluding hydrogens is 258 g/mol. The molecule has 0 unspecified atom stereocenters. The van der Waals surface area contributed by atoms with Crippen molar-refractivity contribution in [2.75, 3.05) is 5.73 Å². The van der Waals surface area contributed by atoms with E-state index in [1.807, 2.05) is 22.6 Å². The Morgan fingerprint density at radius 3 is 2.79 bits per heavy atom. The second-order valence-electron chi connectivity index (χ2n) is 4.19. The molecule has 4 rings (SSSR count). The Balaban J connectivity index is 2.08. The molecule has 2 aromatic rings. The van der Waals surface area contributed by atoms with Crippen LogP contribution in [0.1, 0.15) is 0 Å². The van der Waals surface area contributed by atoms with Gasteiger partial charge in [-0.2, -0.15) is 0 Å². The molecule has 0 spiro atoms. The third-order valence-electron chi connectivity index (χ3n) is 3.07. The van der Waals surface area contributed by atoms with Crippen LogP contribution in [-0.2, 0) is 0 Å². The molecule has 2 aliphatic rings. The van der Waals surface area contributed by atoms with Gasteiger partial charge in [0.25, 0.3) is 0 Å². The number of aromatic nitrogens is 4. The van der Waals surface area contributed by atoms with E-state index in [4.69, 9.17) is 5.73 Å². The van der Waals surface area contributed by atoms with Gasteiger partial charge in [-0.15, -0.1) is 21.5 Å². The molecule has 19 heavy (non-hydrogen) atoms. The SMILES string of the molecule is Nc1nnc2ncn3c(-c4ccccc4)csc3c1-2. The molecule has 0 atom stereocenters. The maximum Gasteiger partial charge on any atom is 0.190 e. The molecule has 0 saturated carbocycles. The number of nitrogens with two attached hydrogens (primary N) is 1. The van der Waals surface area contributed by atoms with Crippen molar-refractivity contribution in [1.29, 1.82) is 0 Å². The van der Waals surface area contributed by atoms with Crippen molar-refractivity contribution in [3.8, 4) is 22.6 Å². The topological polar surface area (TPSA) is 69.1 Å². The standard InChI is InChI=1S/C13H9N5S/c14-11-10-12(17-16-11)15-7-18-9(6-19-13(10)18)8-4-2-1-3-5-8/h1-7H,(H2,14,16). The quantitative estimate of drug-likeness (QED) is 0.575. The zero-order chi connectivity index (χ0) is 12.8. The molecule has 2 N–H and O–H groups in total. The lowest BCUT2D eigenvalue weighted by molar-refractivity contribution is 1.04. The lowest BCUT2D eigenvalue weighted by atomic mass is 10.2. The van der Waals surface area contributed by atoms with Gasteiger partial charge in [0.2, 0.25) is 0 Å². The lowest BCUT2D eigenvalue weighted by Crippen LogP contribution is -1.95. The number of hydrogen-bond acceptors (Lipinski definition) is 5. The van der Waals surface area contributed by atoms with Crippen molar-refractivity contribution in [3.05, 3.63) is 42.0 Å². The Labute approximate surface area is 112 Å². The highest BCUT2D eigenvalue weighted by atomic mass is 32.1. The maximum atomic E-state index is 5.87. The van der Waals surface area contributed by atoms with Crippen LogP contribution >= 0.6 is 11.3 Å². The van der Waals surface area contributed by atoms with Crippen LogP contribution in [0.25, 0.3) is 27.5 Å². The van der Waals surface area contributed by atoms with E-state index in [1.54, 1.807) is 17.7 Å². The molecule has 92 valence electrons. The summed E-state index contributed by atoms with van der Waals surface area (Å²) in [6.07, 6.45) is 1.77. The van der Waals surface area contributed by atoms with Gasteiger partial charge in [-0.25, -0.2) is 4.98 Å². The van der Waals surface area contributed by atoms with Crippen LogP contribution in [0.15, 0.2) is 42.0 Å². The smallest absolute Gasteiger partial charge is 0.190 e. The minimum atomic E-state index is 0.432. The summed E-state index contributed by atoms with van der Waals surface area (Å²) in [6.45, 7) is 0. The van der Waals surface area contributed by atoms with Crippen LogP contribution in [0.3, 0.4) is 0 Å². The van der Waals surface area contributed by atoms with Gasteiger partial charge in [-0.05, 0) is 5.56 Å². The minimum Gasteiger partial charge on any atom is -0.381 e. The number of thiazole rings is 1. The zero-order valence-corrected chi connectivity index (χ0v) is 10.6. The summed E-state index contributed by atoms with van der Waals surface area (Å²) >= 11 is 1.62. The summed E-state index contributed by atoms with van der Waals surface area (Å²) in [4.78, 5) is 5.32. The fourth-order valence-corrected chi connectivity index (χ4v) is 3.21. The molecule has 3 heterocycles. The molecule has 1 aromatic carbocycles.